The molecular formula is C21H27N5O2. The van der Waals surface area contributed by atoms with Gasteiger partial charge >= 0.3 is 0 Å². The summed E-state index contributed by atoms with van der Waals surface area (Å²) in [4.78, 5) is 25.8. The third kappa shape index (κ3) is 4.42. The number of carbonyl (C=O) groups is 1. The lowest BCUT2D eigenvalue weighted by molar-refractivity contribution is 0.0299. The first-order valence-corrected chi connectivity index (χ1v) is 10.0. The van der Waals surface area contributed by atoms with Crippen LogP contribution in [0, 0.1) is 6.92 Å². The van der Waals surface area contributed by atoms with Crippen molar-refractivity contribution < 1.29 is 9.53 Å². The van der Waals surface area contributed by atoms with Crippen LogP contribution in [0.3, 0.4) is 0 Å². The number of nitrogens with zero attached hydrogens (tertiary/aromatic N) is 4. The standard InChI is InChI=1S/C21H27N5O2/c1-16-15-19(20(27)26-11-13-28-14-12-26)24-21(22-16)23-17-5-7-18(8-6-17)25-9-3-2-4-10-25/h5-8,15H,2-4,9-14H2,1H3,(H,22,23,24). The molecule has 1 aromatic carbocycles. The Morgan fingerprint density at radius 1 is 1.00 bits per heavy atom. The van der Waals surface area contributed by atoms with E-state index in [9.17, 15) is 4.79 Å². The Hall–Kier alpha value is -2.67. The van der Waals surface area contributed by atoms with Crippen molar-refractivity contribution in [1.29, 1.82) is 0 Å². The summed E-state index contributed by atoms with van der Waals surface area (Å²) >= 11 is 0. The lowest BCUT2D eigenvalue weighted by Gasteiger charge is -2.28. The van der Waals surface area contributed by atoms with E-state index in [4.69, 9.17) is 4.74 Å². The zero-order chi connectivity index (χ0) is 19.3. The van der Waals surface area contributed by atoms with E-state index in [-0.39, 0.29) is 5.91 Å². The summed E-state index contributed by atoms with van der Waals surface area (Å²) in [6.07, 6.45) is 3.85. The lowest BCUT2D eigenvalue weighted by atomic mass is 10.1. The Balaban J connectivity index is 1.46. The van der Waals surface area contributed by atoms with Gasteiger partial charge in [-0.15, -0.1) is 0 Å². The molecule has 0 radical (unpaired) electrons. The normalized spacial score (nSPS) is 17.5. The number of aryl methyl sites for hydroxylation is 1. The molecule has 7 heteroatoms. The first-order chi connectivity index (χ1) is 13.7. The van der Waals surface area contributed by atoms with E-state index in [0.717, 1.165) is 24.5 Å². The Labute approximate surface area is 165 Å². The molecule has 1 aromatic heterocycles. The van der Waals surface area contributed by atoms with Crippen LogP contribution in [0.2, 0.25) is 0 Å². The van der Waals surface area contributed by atoms with Crippen molar-refractivity contribution in [3.05, 3.63) is 41.7 Å². The van der Waals surface area contributed by atoms with E-state index in [1.165, 1.54) is 24.9 Å². The van der Waals surface area contributed by atoms with Gasteiger partial charge in [0.2, 0.25) is 5.95 Å². The van der Waals surface area contributed by atoms with Gasteiger partial charge in [0, 0.05) is 43.2 Å². The third-order valence-corrected chi connectivity index (χ3v) is 5.22. The Morgan fingerprint density at radius 2 is 1.71 bits per heavy atom. The van der Waals surface area contributed by atoms with Gasteiger partial charge in [-0.2, -0.15) is 0 Å². The third-order valence-electron chi connectivity index (χ3n) is 5.22. The second-order valence-electron chi connectivity index (χ2n) is 7.34. The molecule has 0 aliphatic carbocycles. The first-order valence-electron chi connectivity index (χ1n) is 10.0. The van der Waals surface area contributed by atoms with E-state index in [2.05, 4.69) is 32.3 Å². The highest BCUT2D eigenvalue weighted by Gasteiger charge is 2.20. The highest BCUT2D eigenvalue weighted by Crippen LogP contribution is 2.23. The van der Waals surface area contributed by atoms with Gasteiger partial charge in [-0.05, 0) is 56.5 Å². The van der Waals surface area contributed by atoms with E-state index >= 15 is 0 Å². The summed E-state index contributed by atoms with van der Waals surface area (Å²) in [7, 11) is 0. The predicted molar refractivity (Wildman–Crippen MR) is 109 cm³/mol. The molecular weight excluding hydrogens is 354 g/mol. The van der Waals surface area contributed by atoms with Gasteiger partial charge in [-0.1, -0.05) is 0 Å². The van der Waals surface area contributed by atoms with E-state index in [0.29, 0.717) is 37.9 Å². The molecule has 0 atom stereocenters. The zero-order valence-electron chi connectivity index (χ0n) is 16.4. The number of rotatable bonds is 4. The first kappa shape index (κ1) is 18.7. The fraction of sp³-hybridized carbons (Fsp3) is 0.476. The van der Waals surface area contributed by atoms with Crippen LogP contribution >= 0.6 is 0 Å². The van der Waals surface area contributed by atoms with Gasteiger partial charge in [0.1, 0.15) is 5.69 Å². The van der Waals surface area contributed by atoms with Crippen molar-refractivity contribution in [2.45, 2.75) is 26.2 Å². The predicted octanol–water partition coefficient (Wildman–Crippen LogP) is 2.99. The highest BCUT2D eigenvalue weighted by molar-refractivity contribution is 5.92. The average molecular weight is 381 g/mol. The van der Waals surface area contributed by atoms with Gasteiger partial charge in [-0.3, -0.25) is 4.79 Å². The summed E-state index contributed by atoms with van der Waals surface area (Å²) in [6.45, 7) is 6.48. The fourth-order valence-corrected chi connectivity index (χ4v) is 3.70. The minimum atomic E-state index is -0.0719. The number of amides is 1. The van der Waals surface area contributed by atoms with E-state index < -0.39 is 0 Å². The second-order valence-corrected chi connectivity index (χ2v) is 7.34. The van der Waals surface area contributed by atoms with E-state index in [1.807, 2.05) is 19.1 Å². The van der Waals surface area contributed by atoms with Crippen LogP contribution < -0.4 is 10.2 Å². The molecule has 3 heterocycles. The van der Waals surface area contributed by atoms with Gasteiger partial charge in [-0.25, -0.2) is 9.97 Å². The molecule has 28 heavy (non-hydrogen) atoms. The number of benzene rings is 1. The maximum atomic E-state index is 12.7. The van der Waals surface area contributed by atoms with Crippen molar-refractivity contribution >= 4 is 23.2 Å². The van der Waals surface area contributed by atoms with Gasteiger partial charge < -0.3 is 19.9 Å². The average Bonchev–Trinajstić information content (AvgIpc) is 2.74. The summed E-state index contributed by atoms with van der Waals surface area (Å²) in [6, 6.07) is 10.1. The molecule has 148 valence electrons. The maximum absolute atomic E-state index is 12.7. The highest BCUT2D eigenvalue weighted by atomic mass is 16.5. The Kier molecular flexibility index (Phi) is 5.71. The van der Waals surface area contributed by atoms with Crippen molar-refractivity contribution in [1.82, 2.24) is 14.9 Å². The molecule has 4 rings (SSSR count). The number of nitrogens with one attached hydrogen (secondary N) is 1. The number of morpholine rings is 1. The van der Waals surface area contributed by atoms with Gasteiger partial charge in [0.15, 0.2) is 0 Å². The summed E-state index contributed by atoms with van der Waals surface area (Å²) in [5, 5.41) is 3.24. The van der Waals surface area contributed by atoms with Crippen LogP contribution in [0.5, 0.6) is 0 Å². The number of carbonyl (C=O) groups excluding carboxylic acids is 1. The number of anilines is 3. The molecule has 2 aromatic rings. The van der Waals surface area contributed by atoms with Crippen molar-refractivity contribution in [3.8, 4) is 0 Å². The van der Waals surface area contributed by atoms with Crippen LogP contribution in [0.4, 0.5) is 17.3 Å². The fourth-order valence-electron chi connectivity index (χ4n) is 3.70. The second kappa shape index (κ2) is 8.56. The number of hydrogen-bond donors (Lipinski definition) is 1. The summed E-state index contributed by atoms with van der Waals surface area (Å²) < 4.78 is 5.32. The molecule has 0 unspecified atom stereocenters. The minimum Gasteiger partial charge on any atom is -0.378 e. The summed E-state index contributed by atoms with van der Waals surface area (Å²) in [5.74, 6) is 0.375. The van der Waals surface area contributed by atoms with Crippen molar-refractivity contribution in [2.24, 2.45) is 0 Å². The van der Waals surface area contributed by atoms with Crippen LogP contribution in [0.1, 0.15) is 35.4 Å². The maximum Gasteiger partial charge on any atom is 0.272 e. The van der Waals surface area contributed by atoms with Crippen LogP contribution in [-0.2, 0) is 4.74 Å². The van der Waals surface area contributed by atoms with Crippen LogP contribution in [0.15, 0.2) is 30.3 Å². The SMILES string of the molecule is Cc1cc(C(=O)N2CCOCC2)nc(Nc2ccc(N3CCCCC3)cc2)n1. The molecule has 2 fully saturated rings. The zero-order valence-corrected chi connectivity index (χ0v) is 16.4. The smallest absolute Gasteiger partial charge is 0.272 e. The summed E-state index contributed by atoms with van der Waals surface area (Å²) in [5.41, 5.74) is 3.34. The molecule has 1 amide bonds. The van der Waals surface area contributed by atoms with Crippen LogP contribution in [0.25, 0.3) is 0 Å². The Morgan fingerprint density at radius 3 is 2.43 bits per heavy atom. The van der Waals surface area contributed by atoms with Crippen molar-refractivity contribution in [2.75, 3.05) is 49.6 Å². The largest absolute Gasteiger partial charge is 0.378 e. The molecule has 2 saturated heterocycles. The molecule has 0 saturated carbocycles. The Bertz CT molecular complexity index is 812. The number of ether oxygens (including phenoxy) is 1. The van der Waals surface area contributed by atoms with Gasteiger partial charge in [0.25, 0.3) is 5.91 Å². The quantitative estimate of drug-likeness (QED) is 0.878. The minimum absolute atomic E-state index is 0.0719. The van der Waals surface area contributed by atoms with Crippen LogP contribution in [-0.4, -0.2) is 60.2 Å². The molecule has 0 bridgehead atoms. The number of aromatic nitrogens is 2. The lowest BCUT2D eigenvalue weighted by Crippen LogP contribution is -2.41. The van der Waals surface area contributed by atoms with Crippen molar-refractivity contribution in [3.63, 3.8) is 0 Å². The molecule has 2 aliphatic rings. The van der Waals surface area contributed by atoms with Gasteiger partial charge in [0.05, 0.1) is 13.2 Å². The number of hydrogen-bond acceptors (Lipinski definition) is 6. The topological polar surface area (TPSA) is 70.6 Å². The monoisotopic (exact) mass is 381 g/mol. The molecule has 0 spiro atoms. The molecule has 2 aliphatic heterocycles. The number of piperidine rings is 1. The van der Waals surface area contributed by atoms with E-state index in [1.54, 1.807) is 11.0 Å². The molecule has 7 nitrogen and oxygen atoms in total. The molecule has 1 N–H and O–H groups in total.